The number of aliphatic hydroxyl groups is 1. The van der Waals surface area contributed by atoms with Crippen molar-refractivity contribution in [3.05, 3.63) is 33.8 Å². The quantitative estimate of drug-likeness (QED) is 0.919. The first-order valence-corrected chi connectivity index (χ1v) is 7.47. The normalized spacial score (nSPS) is 27.8. The van der Waals surface area contributed by atoms with Crippen LogP contribution in [0.3, 0.4) is 0 Å². The lowest BCUT2D eigenvalue weighted by atomic mass is 9.68. The van der Waals surface area contributed by atoms with Gasteiger partial charge in [-0.1, -0.05) is 29.3 Å². The molecule has 1 aromatic carbocycles. The summed E-state index contributed by atoms with van der Waals surface area (Å²) in [6.07, 6.45) is 3.54. The van der Waals surface area contributed by atoms with Gasteiger partial charge in [-0.2, -0.15) is 0 Å². The highest BCUT2D eigenvalue weighted by molar-refractivity contribution is 6.42. The summed E-state index contributed by atoms with van der Waals surface area (Å²) in [7, 11) is 4.18. The van der Waals surface area contributed by atoms with Crippen molar-refractivity contribution in [3.63, 3.8) is 0 Å². The van der Waals surface area contributed by atoms with Crippen LogP contribution in [0.15, 0.2) is 18.2 Å². The van der Waals surface area contributed by atoms with Crippen molar-refractivity contribution in [1.29, 1.82) is 0 Å². The Bertz CT molecular complexity index is 440. The highest BCUT2D eigenvalue weighted by atomic mass is 35.5. The molecule has 0 aromatic heterocycles. The van der Waals surface area contributed by atoms with Gasteiger partial charge in [0.15, 0.2) is 0 Å². The van der Waals surface area contributed by atoms with E-state index in [4.69, 9.17) is 23.2 Å². The predicted molar refractivity (Wildman–Crippen MR) is 81.2 cm³/mol. The molecule has 0 atom stereocenters. The summed E-state index contributed by atoms with van der Waals surface area (Å²) in [5.74, 6) is 0. The van der Waals surface area contributed by atoms with Crippen molar-refractivity contribution < 1.29 is 5.11 Å². The summed E-state index contributed by atoms with van der Waals surface area (Å²) in [6, 6.07) is 5.95. The molecule has 2 rings (SSSR count). The van der Waals surface area contributed by atoms with E-state index in [-0.39, 0.29) is 11.5 Å². The van der Waals surface area contributed by atoms with Gasteiger partial charge in [0.2, 0.25) is 0 Å². The van der Waals surface area contributed by atoms with Crippen LogP contribution < -0.4 is 0 Å². The summed E-state index contributed by atoms with van der Waals surface area (Å²) in [6.45, 7) is 0.970. The zero-order valence-electron chi connectivity index (χ0n) is 11.5. The minimum absolute atomic E-state index is 0.0803. The van der Waals surface area contributed by atoms with E-state index in [2.05, 4.69) is 25.1 Å². The largest absolute Gasteiger partial charge is 0.393 e. The summed E-state index contributed by atoms with van der Waals surface area (Å²) < 4.78 is 0. The number of aliphatic hydroxyl groups excluding tert-OH is 1. The van der Waals surface area contributed by atoms with E-state index in [1.54, 1.807) is 0 Å². The van der Waals surface area contributed by atoms with Crippen LogP contribution in [0, 0.1) is 0 Å². The van der Waals surface area contributed by atoms with E-state index >= 15 is 0 Å². The topological polar surface area (TPSA) is 23.5 Å². The Morgan fingerprint density at radius 1 is 1.21 bits per heavy atom. The summed E-state index contributed by atoms with van der Waals surface area (Å²) in [5, 5.41) is 11.0. The Morgan fingerprint density at radius 3 is 2.37 bits per heavy atom. The maximum Gasteiger partial charge on any atom is 0.0595 e. The van der Waals surface area contributed by atoms with Crippen molar-refractivity contribution in [2.45, 2.75) is 37.2 Å². The molecule has 0 unspecified atom stereocenters. The third-order valence-electron chi connectivity index (χ3n) is 4.06. The third-order valence-corrected chi connectivity index (χ3v) is 4.80. The van der Waals surface area contributed by atoms with Gasteiger partial charge in [-0.05, 0) is 57.5 Å². The monoisotopic (exact) mass is 301 g/mol. The molecular formula is C15H21Cl2NO. The van der Waals surface area contributed by atoms with Gasteiger partial charge < -0.3 is 10.0 Å². The van der Waals surface area contributed by atoms with Gasteiger partial charge in [-0.15, -0.1) is 0 Å². The lowest BCUT2D eigenvalue weighted by Gasteiger charge is -2.41. The molecule has 106 valence electrons. The van der Waals surface area contributed by atoms with Gasteiger partial charge in [-0.3, -0.25) is 0 Å². The number of halogens is 2. The number of hydrogen-bond donors (Lipinski definition) is 1. The van der Waals surface area contributed by atoms with E-state index in [9.17, 15) is 5.11 Å². The van der Waals surface area contributed by atoms with Gasteiger partial charge in [0.05, 0.1) is 16.1 Å². The van der Waals surface area contributed by atoms with Crippen LogP contribution >= 0.6 is 23.2 Å². The van der Waals surface area contributed by atoms with Crippen LogP contribution in [0.2, 0.25) is 10.0 Å². The first-order chi connectivity index (χ1) is 8.93. The minimum Gasteiger partial charge on any atom is -0.393 e. The number of rotatable bonds is 3. The first kappa shape index (κ1) is 15.1. The average Bonchev–Trinajstić information content (AvgIpc) is 2.35. The van der Waals surface area contributed by atoms with Gasteiger partial charge in [0.1, 0.15) is 0 Å². The van der Waals surface area contributed by atoms with Crippen LogP contribution in [0.5, 0.6) is 0 Å². The highest BCUT2D eigenvalue weighted by Gasteiger charge is 2.37. The van der Waals surface area contributed by atoms with Gasteiger partial charge in [0.25, 0.3) is 0 Å². The molecule has 0 bridgehead atoms. The highest BCUT2D eigenvalue weighted by Crippen LogP contribution is 2.41. The molecule has 0 radical (unpaired) electrons. The minimum atomic E-state index is -0.155. The molecule has 2 nitrogen and oxygen atoms in total. The zero-order valence-corrected chi connectivity index (χ0v) is 13.0. The lowest BCUT2D eigenvalue weighted by Crippen LogP contribution is -2.41. The molecule has 0 aliphatic heterocycles. The number of hydrogen-bond acceptors (Lipinski definition) is 2. The van der Waals surface area contributed by atoms with E-state index in [1.807, 2.05) is 12.1 Å². The fraction of sp³-hybridized carbons (Fsp3) is 0.600. The molecule has 1 fully saturated rings. The first-order valence-electron chi connectivity index (χ1n) is 6.71. The molecule has 0 heterocycles. The summed E-state index contributed by atoms with van der Waals surface area (Å²) in [4.78, 5) is 2.21. The molecule has 1 aliphatic carbocycles. The molecule has 0 amide bonds. The van der Waals surface area contributed by atoms with E-state index < -0.39 is 0 Å². The molecule has 1 aromatic rings. The number of benzene rings is 1. The fourth-order valence-electron chi connectivity index (χ4n) is 3.12. The Morgan fingerprint density at radius 2 is 1.84 bits per heavy atom. The zero-order chi connectivity index (χ0) is 14.0. The van der Waals surface area contributed by atoms with E-state index in [0.717, 1.165) is 32.2 Å². The van der Waals surface area contributed by atoms with Crippen LogP contribution in [-0.2, 0) is 5.41 Å². The third kappa shape index (κ3) is 3.43. The van der Waals surface area contributed by atoms with Crippen LogP contribution in [0.1, 0.15) is 31.2 Å². The van der Waals surface area contributed by atoms with Crippen LogP contribution in [0.4, 0.5) is 0 Å². The molecule has 1 N–H and O–H groups in total. The summed E-state index contributed by atoms with van der Waals surface area (Å²) in [5.41, 5.74) is 1.32. The predicted octanol–water partition coefficient (Wildman–Crippen LogP) is 3.73. The second-order valence-corrected chi connectivity index (χ2v) is 6.69. The second-order valence-electron chi connectivity index (χ2n) is 5.88. The number of likely N-dealkylation sites (N-methyl/N-ethyl adjacent to an activating group) is 1. The molecule has 19 heavy (non-hydrogen) atoms. The Hall–Kier alpha value is -0.280. The number of nitrogens with zero attached hydrogens (tertiary/aromatic N) is 1. The molecule has 1 aliphatic rings. The Labute approximate surface area is 125 Å². The van der Waals surface area contributed by atoms with E-state index in [1.165, 1.54) is 5.56 Å². The van der Waals surface area contributed by atoms with Crippen molar-refractivity contribution in [3.8, 4) is 0 Å². The maximum atomic E-state index is 9.76. The van der Waals surface area contributed by atoms with Crippen molar-refractivity contribution in [2.24, 2.45) is 0 Å². The van der Waals surface area contributed by atoms with Gasteiger partial charge in [0, 0.05) is 12.0 Å². The maximum absolute atomic E-state index is 9.76. The molecule has 0 saturated heterocycles. The van der Waals surface area contributed by atoms with Crippen LogP contribution in [-0.4, -0.2) is 36.8 Å². The lowest BCUT2D eigenvalue weighted by molar-refractivity contribution is 0.0843. The molecule has 4 heteroatoms. The molecule has 0 spiro atoms. The molecular weight excluding hydrogens is 281 g/mol. The SMILES string of the molecule is CN(C)C[C@]1(c2ccc(Cl)c(Cl)c2)CC[C@H](O)CC1. The van der Waals surface area contributed by atoms with E-state index in [0.29, 0.717) is 10.0 Å². The smallest absolute Gasteiger partial charge is 0.0595 e. The Kier molecular flexibility index (Phi) is 4.78. The van der Waals surface area contributed by atoms with Crippen LogP contribution in [0.25, 0.3) is 0 Å². The Balaban J connectivity index is 2.33. The van der Waals surface area contributed by atoms with Crippen molar-refractivity contribution in [2.75, 3.05) is 20.6 Å². The molecule has 1 saturated carbocycles. The fourth-order valence-corrected chi connectivity index (χ4v) is 3.42. The van der Waals surface area contributed by atoms with Gasteiger partial charge in [-0.25, -0.2) is 0 Å². The van der Waals surface area contributed by atoms with Crippen molar-refractivity contribution in [1.82, 2.24) is 4.90 Å². The van der Waals surface area contributed by atoms with Gasteiger partial charge >= 0.3 is 0 Å². The standard InChI is InChI=1S/C15H21Cl2NO/c1-18(2)10-15(7-5-12(19)6-8-15)11-3-4-13(16)14(17)9-11/h3-4,9,12,19H,5-8,10H2,1-2H3/t12-,15-. The van der Waals surface area contributed by atoms with Crippen molar-refractivity contribution >= 4 is 23.2 Å². The second kappa shape index (κ2) is 6.01. The average molecular weight is 302 g/mol. The summed E-state index contributed by atoms with van der Waals surface area (Å²) >= 11 is 12.2.